The van der Waals surface area contributed by atoms with Crippen LogP contribution in [-0.2, 0) is 0 Å². The van der Waals surface area contributed by atoms with Crippen LogP contribution < -0.4 is 4.74 Å². The summed E-state index contributed by atoms with van der Waals surface area (Å²) < 4.78 is 28.6. The molecule has 0 saturated carbocycles. The molecular formula is C13H16BrF2NO2. The smallest absolute Gasteiger partial charge is 0.387 e. The molecule has 1 rings (SSSR count). The Bertz CT molecular complexity index is 427. The van der Waals surface area contributed by atoms with Crippen molar-refractivity contribution in [2.75, 3.05) is 11.9 Å². The molecule has 1 aromatic rings. The molecule has 0 atom stereocenters. The van der Waals surface area contributed by atoms with Gasteiger partial charge >= 0.3 is 6.61 Å². The van der Waals surface area contributed by atoms with E-state index in [9.17, 15) is 13.6 Å². The number of hydrogen-bond donors (Lipinski definition) is 0. The molecule has 6 heteroatoms. The largest absolute Gasteiger partial charge is 0.435 e. The molecule has 0 aromatic heterocycles. The van der Waals surface area contributed by atoms with Crippen LogP contribution in [0.2, 0.25) is 0 Å². The molecule has 0 unspecified atom stereocenters. The fraction of sp³-hybridized carbons (Fsp3) is 0.462. The Labute approximate surface area is 119 Å². The zero-order chi connectivity index (χ0) is 14.4. The highest BCUT2D eigenvalue weighted by Gasteiger charge is 2.18. The Morgan fingerprint density at radius 2 is 2.11 bits per heavy atom. The first kappa shape index (κ1) is 15.9. The minimum atomic E-state index is -2.89. The number of halogens is 3. The Hall–Kier alpha value is -1.17. The lowest BCUT2D eigenvalue weighted by Gasteiger charge is -2.26. The minimum absolute atomic E-state index is 0.0107. The average Bonchev–Trinajstić information content (AvgIpc) is 2.34. The van der Waals surface area contributed by atoms with E-state index in [1.54, 1.807) is 11.0 Å². The number of carbonyl (C=O) groups is 1. The molecule has 0 aliphatic heterocycles. The molecule has 0 radical (unpaired) electrons. The zero-order valence-electron chi connectivity index (χ0n) is 10.8. The first-order valence-corrected chi connectivity index (χ1v) is 6.99. The van der Waals surface area contributed by atoms with Gasteiger partial charge < -0.3 is 9.64 Å². The molecule has 0 fully saturated rings. The van der Waals surface area contributed by atoms with Crippen LogP contribution in [0.1, 0.15) is 24.2 Å². The number of hydrogen-bond acceptors (Lipinski definition) is 2. The van der Waals surface area contributed by atoms with Crippen LogP contribution in [0.25, 0.3) is 0 Å². The normalized spacial score (nSPS) is 10.9. The highest BCUT2D eigenvalue weighted by Crippen LogP contribution is 2.18. The van der Waals surface area contributed by atoms with Crippen LogP contribution in [0, 0.1) is 0 Å². The van der Waals surface area contributed by atoms with Crippen LogP contribution in [0.3, 0.4) is 0 Å². The van der Waals surface area contributed by atoms with Gasteiger partial charge in [0, 0.05) is 23.5 Å². The predicted molar refractivity (Wildman–Crippen MR) is 73.0 cm³/mol. The highest BCUT2D eigenvalue weighted by atomic mass is 79.9. The molecule has 1 aromatic carbocycles. The van der Waals surface area contributed by atoms with Crippen molar-refractivity contribution in [3.8, 4) is 5.75 Å². The lowest BCUT2D eigenvalue weighted by molar-refractivity contribution is -0.0499. The van der Waals surface area contributed by atoms with Crippen LogP contribution in [0.15, 0.2) is 24.3 Å². The maximum atomic E-state index is 12.3. The fourth-order valence-electron chi connectivity index (χ4n) is 1.66. The van der Waals surface area contributed by atoms with Gasteiger partial charge in [0.15, 0.2) is 0 Å². The van der Waals surface area contributed by atoms with Gasteiger partial charge in [-0.15, -0.1) is 0 Å². The third-order valence-corrected chi connectivity index (χ3v) is 2.87. The average molecular weight is 336 g/mol. The monoisotopic (exact) mass is 335 g/mol. The molecule has 0 N–H and O–H groups in total. The number of benzene rings is 1. The molecule has 0 saturated heterocycles. The van der Waals surface area contributed by atoms with Crippen molar-refractivity contribution in [1.29, 1.82) is 0 Å². The predicted octanol–water partition coefficient (Wildman–Crippen LogP) is 3.53. The molecule has 0 aliphatic rings. The van der Waals surface area contributed by atoms with Gasteiger partial charge in [-0.2, -0.15) is 8.78 Å². The molecule has 1 amide bonds. The number of ether oxygens (including phenoxy) is 1. The first-order valence-electron chi connectivity index (χ1n) is 5.87. The molecule has 106 valence electrons. The molecular weight excluding hydrogens is 320 g/mol. The quantitative estimate of drug-likeness (QED) is 0.744. The van der Waals surface area contributed by atoms with Crippen molar-refractivity contribution in [3.05, 3.63) is 29.8 Å². The number of rotatable bonds is 6. The van der Waals surface area contributed by atoms with Gasteiger partial charge in [-0.05, 0) is 32.0 Å². The van der Waals surface area contributed by atoms with Crippen LogP contribution >= 0.6 is 15.9 Å². The van der Waals surface area contributed by atoms with E-state index < -0.39 is 6.61 Å². The number of amides is 1. The highest BCUT2D eigenvalue weighted by molar-refractivity contribution is 9.09. The van der Waals surface area contributed by atoms with Gasteiger partial charge in [0.25, 0.3) is 5.91 Å². The van der Waals surface area contributed by atoms with E-state index in [1.807, 2.05) is 13.8 Å². The van der Waals surface area contributed by atoms with E-state index >= 15 is 0 Å². The standard InChI is InChI=1S/C13H16BrF2NO2/c1-9(2)17(7-6-14)12(18)10-4-3-5-11(8-10)19-13(15)16/h3-5,8-9,13H,6-7H2,1-2H3. The SMILES string of the molecule is CC(C)N(CCBr)C(=O)c1cccc(OC(F)F)c1. The summed E-state index contributed by atoms with van der Waals surface area (Å²) in [7, 11) is 0. The van der Waals surface area contributed by atoms with Crippen molar-refractivity contribution in [2.24, 2.45) is 0 Å². The zero-order valence-corrected chi connectivity index (χ0v) is 12.4. The lowest BCUT2D eigenvalue weighted by atomic mass is 10.1. The summed E-state index contributed by atoms with van der Waals surface area (Å²) in [4.78, 5) is 13.9. The second-order valence-corrected chi connectivity index (χ2v) is 4.98. The Morgan fingerprint density at radius 1 is 1.42 bits per heavy atom. The van der Waals surface area contributed by atoms with Gasteiger partial charge in [-0.3, -0.25) is 4.79 Å². The van der Waals surface area contributed by atoms with Crippen LogP contribution in [-0.4, -0.2) is 35.3 Å². The van der Waals surface area contributed by atoms with Crippen molar-refractivity contribution in [1.82, 2.24) is 4.90 Å². The van der Waals surface area contributed by atoms with Crippen LogP contribution in [0.5, 0.6) is 5.75 Å². The summed E-state index contributed by atoms with van der Waals surface area (Å²) in [6, 6.07) is 5.87. The van der Waals surface area contributed by atoms with Gasteiger partial charge in [0.05, 0.1) is 0 Å². The summed E-state index contributed by atoms with van der Waals surface area (Å²) in [6.45, 7) is 1.46. The van der Waals surface area contributed by atoms with E-state index in [1.165, 1.54) is 18.2 Å². The summed E-state index contributed by atoms with van der Waals surface area (Å²) in [5, 5.41) is 0.657. The van der Waals surface area contributed by atoms with Gasteiger partial charge in [-0.25, -0.2) is 0 Å². The number of carbonyl (C=O) groups excluding carboxylic acids is 1. The van der Waals surface area contributed by atoms with E-state index in [4.69, 9.17) is 0 Å². The maximum Gasteiger partial charge on any atom is 0.387 e. The summed E-state index contributed by atoms with van der Waals surface area (Å²) in [6.07, 6.45) is 0. The van der Waals surface area contributed by atoms with Gasteiger partial charge in [-0.1, -0.05) is 22.0 Å². The van der Waals surface area contributed by atoms with E-state index in [0.29, 0.717) is 17.4 Å². The van der Waals surface area contributed by atoms with Crippen molar-refractivity contribution >= 4 is 21.8 Å². The molecule has 3 nitrogen and oxygen atoms in total. The van der Waals surface area contributed by atoms with Crippen molar-refractivity contribution < 1.29 is 18.3 Å². The Balaban J connectivity index is 2.91. The van der Waals surface area contributed by atoms with Gasteiger partial charge in [0.1, 0.15) is 5.75 Å². The topological polar surface area (TPSA) is 29.5 Å². The third-order valence-electron chi connectivity index (χ3n) is 2.52. The Morgan fingerprint density at radius 3 is 2.63 bits per heavy atom. The third kappa shape index (κ3) is 4.78. The van der Waals surface area contributed by atoms with Crippen molar-refractivity contribution in [3.63, 3.8) is 0 Å². The Kier molecular flexibility index (Phi) is 6.21. The molecule has 19 heavy (non-hydrogen) atoms. The molecule has 0 aliphatic carbocycles. The number of nitrogens with zero attached hydrogens (tertiary/aromatic N) is 1. The summed E-state index contributed by atoms with van der Waals surface area (Å²) >= 11 is 3.29. The first-order chi connectivity index (χ1) is 8.95. The summed E-state index contributed by atoms with van der Waals surface area (Å²) in [5.74, 6) is -0.211. The number of alkyl halides is 3. The van der Waals surface area contributed by atoms with Crippen LogP contribution in [0.4, 0.5) is 8.78 Å². The lowest BCUT2D eigenvalue weighted by Crippen LogP contribution is -2.38. The van der Waals surface area contributed by atoms with E-state index in [-0.39, 0.29) is 17.7 Å². The van der Waals surface area contributed by atoms with E-state index in [0.717, 1.165) is 0 Å². The minimum Gasteiger partial charge on any atom is -0.435 e. The molecule has 0 spiro atoms. The van der Waals surface area contributed by atoms with E-state index in [2.05, 4.69) is 20.7 Å². The molecule has 0 bridgehead atoms. The van der Waals surface area contributed by atoms with Gasteiger partial charge in [0.2, 0.25) is 0 Å². The summed E-state index contributed by atoms with van der Waals surface area (Å²) in [5.41, 5.74) is 0.341. The maximum absolute atomic E-state index is 12.3. The fourth-order valence-corrected chi connectivity index (χ4v) is 2.04. The van der Waals surface area contributed by atoms with Crippen molar-refractivity contribution in [2.45, 2.75) is 26.5 Å². The second kappa shape index (κ2) is 7.43. The molecule has 0 heterocycles. The second-order valence-electron chi connectivity index (χ2n) is 4.19.